The van der Waals surface area contributed by atoms with Crippen LogP contribution < -0.4 is 18.9 Å². The van der Waals surface area contributed by atoms with Gasteiger partial charge in [0, 0.05) is 11.8 Å². The Hall–Kier alpha value is -4.56. The summed E-state index contributed by atoms with van der Waals surface area (Å²) in [4.78, 5) is 24.5. The number of hydrogen-bond donors (Lipinski definition) is 0. The molecule has 8 heteroatoms. The van der Waals surface area contributed by atoms with E-state index in [9.17, 15) is 20.1 Å². The van der Waals surface area contributed by atoms with E-state index in [1.54, 1.807) is 64.1 Å². The fourth-order valence-corrected chi connectivity index (χ4v) is 4.20. The number of benzene rings is 2. The maximum absolute atomic E-state index is 12.2. The standard InChI is InChI=1S/C36H44N2O6/c1-7-41-33-21-27(19-29(23-37)35(39)25(3)4)13-15-31(33)43-17-11-9-10-12-18-44-32-16-14-28(22-34(32)42-8-2)20-30(24-38)36(40)26(5)6/h13-16,19-22,25-26H,7-12,17-18H2,1-6H3. The highest BCUT2D eigenvalue weighted by atomic mass is 16.5. The lowest BCUT2D eigenvalue weighted by atomic mass is 10.00. The van der Waals surface area contributed by atoms with Crippen molar-refractivity contribution in [3.8, 4) is 35.1 Å². The van der Waals surface area contributed by atoms with Crippen molar-refractivity contribution < 1.29 is 28.5 Å². The quantitative estimate of drug-likeness (QED) is 0.0911. The second-order valence-corrected chi connectivity index (χ2v) is 10.8. The van der Waals surface area contributed by atoms with Gasteiger partial charge in [0.15, 0.2) is 34.6 Å². The number of unbranched alkanes of at least 4 members (excludes halogenated alkanes) is 3. The van der Waals surface area contributed by atoms with Gasteiger partial charge in [-0.1, -0.05) is 39.8 Å². The summed E-state index contributed by atoms with van der Waals surface area (Å²) in [6.45, 7) is 12.8. The molecular formula is C36H44N2O6. The number of nitrogens with zero attached hydrogens (tertiary/aromatic N) is 2. The SMILES string of the molecule is CCOc1cc(C=C(C#N)C(=O)C(C)C)ccc1OCCCCCCOc1ccc(C=C(C#N)C(=O)C(C)C)cc1OCC. The topological polar surface area (TPSA) is 119 Å². The molecule has 0 saturated heterocycles. The van der Waals surface area contributed by atoms with Gasteiger partial charge in [0.1, 0.15) is 12.1 Å². The molecule has 0 N–H and O–H groups in total. The van der Waals surface area contributed by atoms with Crippen LogP contribution in [0, 0.1) is 34.5 Å². The molecule has 234 valence electrons. The van der Waals surface area contributed by atoms with E-state index in [0.717, 1.165) is 25.7 Å². The maximum Gasteiger partial charge on any atom is 0.175 e. The second-order valence-electron chi connectivity index (χ2n) is 10.8. The lowest BCUT2D eigenvalue weighted by molar-refractivity contribution is -0.118. The predicted octanol–water partition coefficient (Wildman–Crippen LogP) is 7.77. The van der Waals surface area contributed by atoms with Crippen molar-refractivity contribution in [3.63, 3.8) is 0 Å². The monoisotopic (exact) mass is 600 g/mol. The van der Waals surface area contributed by atoms with E-state index < -0.39 is 0 Å². The summed E-state index contributed by atoms with van der Waals surface area (Å²) in [7, 11) is 0. The molecule has 0 unspecified atom stereocenters. The molecule has 8 nitrogen and oxygen atoms in total. The van der Waals surface area contributed by atoms with Crippen molar-refractivity contribution >= 4 is 23.7 Å². The van der Waals surface area contributed by atoms with Crippen LogP contribution in [-0.4, -0.2) is 38.0 Å². The molecule has 0 amide bonds. The Morgan fingerprint density at radius 1 is 0.636 bits per heavy atom. The molecule has 0 atom stereocenters. The minimum atomic E-state index is -0.254. The summed E-state index contributed by atoms with van der Waals surface area (Å²) in [6.07, 6.45) is 6.80. The molecule has 2 rings (SSSR count). The van der Waals surface area contributed by atoms with Crippen molar-refractivity contribution in [3.05, 3.63) is 58.7 Å². The zero-order valence-corrected chi connectivity index (χ0v) is 26.8. The first-order valence-electron chi connectivity index (χ1n) is 15.3. The number of ether oxygens (including phenoxy) is 4. The number of rotatable bonds is 19. The molecule has 0 aliphatic carbocycles. The first-order chi connectivity index (χ1) is 21.1. The summed E-state index contributed by atoms with van der Waals surface area (Å²) in [6, 6.07) is 14.8. The van der Waals surface area contributed by atoms with Crippen molar-refractivity contribution in [2.75, 3.05) is 26.4 Å². The third-order valence-corrected chi connectivity index (χ3v) is 6.53. The van der Waals surface area contributed by atoms with Crippen LogP contribution in [-0.2, 0) is 9.59 Å². The van der Waals surface area contributed by atoms with Crippen LogP contribution >= 0.6 is 0 Å². The lowest BCUT2D eigenvalue weighted by Gasteiger charge is -2.14. The normalized spacial score (nSPS) is 11.6. The molecule has 0 spiro atoms. The van der Waals surface area contributed by atoms with E-state index in [1.807, 2.05) is 38.1 Å². The largest absolute Gasteiger partial charge is 0.490 e. The molecule has 0 aromatic heterocycles. The molecule has 2 aromatic rings. The molecule has 0 aliphatic rings. The van der Waals surface area contributed by atoms with Crippen molar-refractivity contribution in [1.29, 1.82) is 10.5 Å². The Balaban J connectivity index is 1.87. The van der Waals surface area contributed by atoms with E-state index in [0.29, 0.717) is 60.6 Å². The van der Waals surface area contributed by atoms with Crippen LogP contribution in [0.4, 0.5) is 0 Å². The van der Waals surface area contributed by atoms with Gasteiger partial charge in [-0.3, -0.25) is 9.59 Å². The molecule has 0 bridgehead atoms. The molecule has 0 aliphatic heterocycles. The molecule has 2 aromatic carbocycles. The Morgan fingerprint density at radius 2 is 1.02 bits per heavy atom. The Labute approximate surface area is 261 Å². The number of carbonyl (C=O) groups is 2. The Kier molecular flexibility index (Phi) is 15.3. The first kappa shape index (κ1) is 35.6. The highest BCUT2D eigenvalue weighted by molar-refractivity contribution is 6.04. The van der Waals surface area contributed by atoms with Gasteiger partial charge in [-0.15, -0.1) is 0 Å². The van der Waals surface area contributed by atoms with Gasteiger partial charge in [-0.25, -0.2) is 0 Å². The van der Waals surface area contributed by atoms with Gasteiger partial charge >= 0.3 is 0 Å². The van der Waals surface area contributed by atoms with Crippen LogP contribution in [0.25, 0.3) is 12.2 Å². The highest BCUT2D eigenvalue weighted by Crippen LogP contribution is 2.31. The van der Waals surface area contributed by atoms with Gasteiger partial charge in [0.05, 0.1) is 37.6 Å². The average Bonchev–Trinajstić information content (AvgIpc) is 3.01. The third kappa shape index (κ3) is 11.3. The molecule has 0 fully saturated rings. The number of hydrogen-bond acceptors (Lipinski definition) is 8. The summed E-state index contributed by atoms with van der Waals surface area (Å²) < 4.78 is 23.5. The Morgan fingerprint density at radius 3 is 1.34 bits per heavy atom. The first-order valence-corrected chi connectivity index (χ1v) is 15.3. The lowest BCUT2D eigenvalue weighted by Crippen LogP contribution is -2.09. The van der Waals surface area contributed by atoms with Crippen LogP contribution in [0.1, 0.15) is 78.4 Å². The number of nitriles is 2. The average molecular weight is 601 g/mol. The number of Topliss-reactive ketones (excluding diaryl/α,β-unsaturated/α-hetero) is 2. The van der Waals surface area contributed by atoms with Gasteiger partial charge in [0.25, 0.3) is 0 Å². The van der Waals surface area contributed by atoms with E-state index in [2.05, 4.69) is 0 Å². The Bertz CT molecular complexity index is 1300. The minimum Gasteiger partial charge on any atom is -0.490 e. The highest BCUT2D eigenvalue weighted by Gasteiger charge is 2.15. The zero-order valence-electron chi connectivity index (χ0n) is 26.8. The number of allylic oxidation sites excluding steroid dienone is 2. The smallest absolute Gasteiger partial charge is 0.175 e. The molecule has 44 heavy (non-hydrogen) atoms. The molecule has 0 heterocycles. The van der Waals surface area contributed by atoms with Crippen LogP contribution in [0.2, 0.25) is 0 Å². The van der Waals surface area contributed by atoms with Crippen LogP contribution in [0.15, 0.2) is 47.5 Å². The van der Waals surface area contributed by atoms with E-state index in [-0.39, 0.29) is 34.5 Å². The van der Waals surface area contributed by atoms with Crippen LogP contribution in [0.3, 0.4) is 0 Å². The minimum absolute atomic E-state index is 0.118. The predicted molar refractivity (Wildman–Crippen MR) is 172 cm³/mol. The van der Waals surface area contributed by atoms with Crippen molar-refractivity contribution in [2.45, 2.75) is 67.2 Å². The zero-order chi connectivity index (χ0) is 32.5. The molecule has 0 saturated carbocycles. The van der Waals surface area contributed by atoms with E-state index in [1.165, 1.54) is 0 Å². The van der Waals surface area contributed by atoms with Crippen molar-refractivity contribution in [1.82, 2.24) is 0 Å². The van der Waals surface area contributed by atoms with Crippen LogP contribution in [0.5, 0.6) is 23.0 Å². The summed E-state index contributed by atoms with van der Waals surface area (Å²) in [5.41, 5.74) is 1.65. The van der Waals surface area contributed by atoms with Gasteiger partial charge < -0.3 is 18.9 Å². The maximum atomic E-state index is 12.2. The second kappa shape index (κ2) is 18.9. The molecular weight excluding hydrogens is 556 g/mol. The summed E-state index contributed by atoms with van der Waals surface area (Å²) in [5.74, 6) is 1.51. The fourth-order valence-electron chi connectivity index (χ4n) is 4.20. The summed E-state index contributed by atoms with van der Waals surface area (Å²) >= 11 is 0. The molecule has 0 radical (unpaired) electrons. The summed E-state index contributed by atoms with van der Waals surface area (Å²) in [5, 5.41) is 18.8. The fraction of sp³-hybridized carbons (Fsp3) is 0.444. The third-order valence-electron chi connectivity index (χ3n) is 6.53. The number of ketones is 2. The van der Waals surface area contributed by atoms with Gasteiger partial charge in [-0.2, -0.15) is 10.5 Å². The van der Waals surface area contributed by atoms with Gasteiger partial charge in [0.2, 0.25) is 0 Å². The van der Waals surface area contributed by atoms with E-state index in [4.69, 9.17) is 18.9 Å². The van der Waals surface area contributed by atoms with Crippen molar-refractivity contribution in [2.24, 2.45) is 11.8 Å². The number of carbonyl (C=O) groups excluding carboxylic acids is 2. The van der Waals surface area contributed by atoms with E-state index >= 15 is 0 Å². The van der Waals surface area contributed by atoms with Gasteiger partial charge in [-0.05, 0) is 87.1 Å².